The Hall–Kier alpha value is -1.99. The van der Waals surface area contributed by atoms with Crippen molar-refractivity contribution in [2.75, 3.05) is 6.54 Å². The van der Waals surface area contributed by atoms with Crippen LogP contribution in [0.5, 0.6) is 0 Å². The third kappa shape index (κ3) is 4.46. The minimum Gasteiger partial charge on any atom is -0.392 e. The van der Waals surface area contributed by atoms with Gasteiger partial charge in [0.05, 0.1) is 11.0 Å². The summed E-state index contributed by atoms with van der Waals surface area (Å²) in [5.41, 5.74) is 4.82. The first-order valence-electron chi connectivity index (χ1n) is 9.82. The van der Waals surface area contributed by atoms with E-state index in [1.807, 2.05) is 13.0 Å². The lowest BCUT2D eigenvalue weighted by Gasteiger charge is -2.22. The van der Waals surface area contributed by atoms with Crippen LogP contribution in [-0.4, -0.2) is 26.2 Å². The molecule has 4 nitrogen and oxygen atoms in total. The molecule has 1 aliphatic carbocycles. The minimum atomic E-state index is -3.64. The van der Waals surface area contributed by atoms with Crippen LogP contribution in [0, 0.1) is 6.92 Å². The topological polar surface area (TPSA) is 66.4 Å². The molecule has 0 amide bonds. The molecule has 6 heteroatoms. The van der Waals surface area contributed by atoms with Gasteiger partial charge in [-0.15, -0.1) is 11.3 Å². The second-order valence-corrected chi connectivity index (χ2v) is 10.4. The molecular formula is C23H25NO3S2. The van der Waals surface area contributed by atoms with Crippen molar-refractivity contribution >= 4 is 21.4 Å². The summed E-state index contributed by atoms with van der Waals surface area (Å²) in [6, 6.07) is 17.2. The molecule has 1 aromatic heterocycles. The Bertz CT molecular complexity index is 1090. The smallest absolute Gasteiger partial charge is 0.240 e. The molecule has 1 aliphatic rings. The first kappa shape index (κ1) is 20.3. The fourth-order valence-corrected chi connectivity index (χ4v) is 6.02. The van der Waals surface area contributed by atoms with Gasteiger partial charge in [0.2, 0.25) is 10.0 Å². The minimum absolute atomic E-state index is 0.00561. The molecule has 29 heavy (non-hydrogen) atoms. The number of benzene rings is 2. The average molecular weight is 428 g/mol. The van der Waals surface area contributed by atoms with Crippen LogP contribution in [0.15, 0.2) is 64.9 Å². The van der Waals surface area contributed by atoms with Crippen LogP contribution >= 0.6 is 11.3 Å². The number of aliphatic hydroxyl groups is 1. The lowest BCUT2D eigenvalue weighted by molar-refractivity contribution is 0.163. The standard InChI is InChI=1S/C23H25NO3S2/c1-16-6-9-19(10-7-16)29(26,27)24-15-18(25)14-22-20-5-3-2-4-17(20)8-11-23-21(22)12-13-28-23/h2-7,9-10,12-13,18,22,24-25H,8,11,14-15H2,1H3. The van der Waals surface area contributed by atoms with Gasteiger partial charge < -0.3 is 5.11 Å². The van der Waals surface area contributed by atoms with Crippen LogP contribution < -0.4 is 4.72 Å². The monoisotopic (exact) mass is 427 g/mol. The van der Waals surface area contributed by atoms with E-state index in [0.29, 0.717) is 6.42 Å². The zero-order valence-corrected chi connectivity index (χ0v) is 18.0. The molecule has 4 rings (SSSR count). The Labute approximate surface area is 176 Å². The molecule has 152 valence electrons. The Morgan fingerprint density at radius 1 is 1.07 bits per heavy atom. The van der Waals surface area contributed by atoms with Gasteiger partial charge in [-0.1, -0.05) is 42.0 Å². The number of thiophene rings is 1. The van der Waals surface area contributed by atoms with Crippen LogP contribution in [-0.2, 0) is 22.9 Å². The average Bonchev–Trinajstić information content (AvgIpc) is 3.13. The fourth-order valence-electron chi connectivity index (χ4n) is 4.00. The van der Waals surface area contributed by atoms with Gasteiger partial charge in [-0.25, -0.2) is 13.1 Å². The summed E-state index contributed by atoms with van der Waals surface area (Å²) >= 11 is 1.76. The molecule has 3 aromatic rings. The molecule has 0 bridgehead atoms. The summed E-state index contributed by atoms with van der Waals surface area (Å²) in [5, 5.41) is 12.8. The van der Waals surface area contributed by atoms with Crippen molar-refractivity contribution in [3.05, 3.63) is 87.1 Å². The van der Waals surface area contributed by atoms with E-state index in [0.717, 1.165) is 18.4 Å². The molecule has 2 atom stereocenters. The molecule has 0 aliphatic heterocycles. The highest BCUT2D eigenvalue weighted by Gasteiger charge is 2.27. The molecule has 0 radical (unpaired) electrons. The van der Waals surface area contributed by atoms with E-state index in [1.165, 1.54) is 21.6 Å². The first-order valence-corrected chi connectivity index (χ1v) is 12.2. The van der Waals surface area contributed by atoms with E-state index in [-0.39, 0.29) is 17.4 Å². The summed E-state index contributed by atoms with van der Waals surface area (Å²) in [6.45, 7) is 1.91. The number of fused-ring (bicyclic) bond motifs is 2. The predicted molar refractivity (Wildman–Crippen MR) is 117 cm³/mol. The van der Waals surface area contributed by atoms with Gasteiger partial charge in [0.25, 0.3) is 0 Å². The van der Waals surface area contributed by atoms with Crippen LogP contribution in [0.4, 0.5) is 0 Å². The summed E-state index contributed by atoms with van der Waals surface area (Å²) in [4.78, 5) is 1.58. The van der Waals surface area contributed by atoms with Crippen molar-refractivity contribution in [2.24, 2.45) is 0 Å². The van der Waals surface area contributed by atoms with Crippen molar-refractivity contribution in [3.8, 4) is 0 Å². The Morgan fingerprint density at radius 3 is 2.62 bits per heavy atom. The largest absolute Gasteiger partial charge is 0.392 e. The normalized spacial score (nSPS) is 17.2. The van der Waals surface area contributed by atoms with E-state index in [4.69, 9.17) is 0 Å². The van der Waals surface area contributed by atoms with Gasteiger partial charge in [-0.3, -0.25) is 0 Å². The molecule has 0 saturated carbocycles. The lowest BCUT2D eigenvalue weighted by atomic mass is 9.86. The summed E-state index contributed by atoms with van der Waals surface area (Å²) in [5.74, 6) is 0.0776. The number of rotatable bonds is 6. The number of hydrogen-bond acceptors (Lipinski definition) is 4. The maximum absolute atomic E-state index is 12.5. The van der Waals surface area contributed by atoms with Crippen molar-refractivity contribution in [1.29, 1.82) is 0 Å². The maximum Gasteiger partial charge on any atom is 0.240 e. The van der Waals surface area contributed by atoms with E-state index in [9.17, 15) is 13.5 Å². The van der Waals surface area contributed by atoms with Crippen molar-refractivity contribution in [3.63, 3.8) is 0 Å². The second kappa shape index (κ2) is 8.40. The van der Waals surface area contributed by atoms with Crippen molar-refractivity contribution in [2.45, 2.75) is 43.1 Å². The lowest BCUT2D eigenvalue weighted by Crippen LogP contribution is -2.33. The fraction of sp³-hybridized carbons (Fsp3) is 0.304. The summed E-state index contributed by atoms with van der Waals surface area (Å²) < 4.78 is 27.6. The van der Waals surface area contributed by atoms with Gasteiger partial charge in [0.15, 0.2) is 0 Å². The molecular weight excluding hydrogens is 402 g/mol. The highest BCUT2D eigenvalue weighted by atomic mass is 32.2. The number of sulfonamides is 1. The highest BCUT2D eigenvalue weighted by Crippen LogP contribution is 2.39. The summed E-state index contributed by atoms with van der Waals surface area (Å²) in [6.07, 6.45) is 1.71. The first-order chi connectivity index (χ1) is 13.9. The molecule has 0 saturated heterocycles. The quantitative estimate of drug-likeness (QED) is 0.624. The summed E-state index contributed by atoms with van der Waals surface area (Å²) in [7, 11) is -3.64. The van der Waals surface area contributed by atoms with Gasteiger partial charge in [0.1, 0.15) is 0 Å². The van der Waals surface area contributed by atoms with Crippen molar-refractivity contribution in [1.82, 2.24) is 4.72 Å². The van der Waals surface area contributed by atoms with Gasteiger partial charge in [-0.05, 0) is 66.5 Å². The van der Waals surface area contributed by atoms with E-state index < -0.39 is 16.1 Å². The molecule has 2 aromatic carbocycles. The molecule has 0 fully saturated rings. The van der Waals surface area contributed by atoms with Crippen LogP contribution in [0.2, 0.25) is 0 Å². The Balaban J connectivity index is 1.50. The Morgan fingerprint density at radius 2 is 1.83 bits per heavy atom. The number of aliphatic hydroxyl groups excluding tert-OH is 1. The van der Waals surface area contributed by atoms with Gasteiger partial charge in [-0.2, -0.15) is 0 Å². The molecule has 0 spiro atoms. The van der Waals surface area contributed by atoms with Crippen LogP contribution in [0.25, 0.3) is 0 Å². The van der Waals surface area contributed by atoms with Gasteiger partial charge in [0, 0.05) is 17.3 Å². The predicted octanol–water partition coefficient (Wildman–Crippen LogP) is 4.02. The highest BCUT2D eigenvalue weighted by molar-refractivity contribution is 7.89. The Kier molecular flexibility index (Phi) is 5.88. The third-order valence-corrected chi connectivity index (χ3v) is 7.99. The van der Waals surface area contributed by atoms with Crippen LogP contribution in [0.1, 0.15) is 39.5 Å². The van der Waals surface area contributed by atoms with E-state index >= 15 is 0 Å². The zero-order valence-electron chi connectivity index (χ0n) is 16.3. The molecule has 2 unspecified atom stereocenters. The van der Waals surface area contributed by atoms with Crippen LogP contribution in [0.3, 0.4) is 0 Å². The van der Waals surface area contributed by atoms with Crippen molar-refractivity contribution < 1.29 is 13.5 Å². The zero-order chi connectivity index (χ0) is 20.4. The SMILES string of the molecule is Cc1ccc(S(=O)(=O)NCC(O)CC2c3ccccc3CCc3sccc32)cc1. The number of hydrogen-bond donors (Lipinski definition) is 2. The third-order valence-electron chi connectivity index (χ3n) is 5.56. The maximum atomic E-state index is 12.5. The number of aryl methyl sites for hydroxylation is 3. The number of nitrogens with one attached hydrogen (secondary N) is 1. The van der Waals surface area contributed by atoms with E-state index in [2.05, 4.69) is 34.4 Å². The second-order valence-electron chi connectivity index (χ2n) is 7.60. The molecule has 1 heterocycles. The molecule has 2 N–H and O–H groups in total. The van der Waals surface area contributed by atoms with Gasteiger partial charge >= 0.3 is 0 Å². The van der Waals surface area contributed by atoms with E-state index in [1.54, 1.807) is 35.6 Å².